The van der Waals surface area contributed by atoms with Crippen LogP contribution < -0.4 is 10.6 Å². The lowest BCUT2D eigenvalue weighted by molar-refractivity contribution is 0.236. The molecule has 0 aliphatic carbocycles. The Labute approximate surface area is 113 Å². The fourth-order valence-electron chi connectivity index (χ4n) is 1.68. The number of thiophene rings is 1. The summed E-state index contributed by atoms with van der Waals surface area (Å²) in [6.07, 6.45) is 0. The number of likely N-dealkylation sites (N-methyl/N-ethyl adjacent to an activating group) is 1. The first kappa shape index (κ1) is 15.0. The molecule has 0 aliphatic rings. The third-order valence-electron chi connectivity index (χ3n) is 2.83. The fraction of sp³-hybridized carbons (Fsp3) is 0.615. The van der Waals surface area contributed by atoms with Gasteiger partial charge in [0.1, 0.15) is 0 Å². The third-order valence-corrected chi connectivity index (χ3v) is 3.83. The van der Waals surface area contributed by atoms with Gasteiger partial charge in [0.05, 0.1) is 6.54 Å². The minimum atomic E-state index is -0.0896. The molecule has 0 unspecified atom stereocenters. The number of aryl methyl sites for hydroxylation is 1. The number of amides is 2. The summed E-state index contributed by atoms with van der Waals surface area (Å²) < 4.78 is 0. The number of rotatable bonds is 7. The number of nitrogens with one attached hydrogen (secondary N) is 2. The fourth-order valence-corrected chi connectivity index (χ4v) is 2.51. The molecule has 0 bridgehead atoms. The van der Waals surface area contributed by atoms with Crippen molar-refractivity contribution < 1.29 is 4.79 Å². The minimum Gasteiger partial charge on any atom is -0.337 e. The zero-order valence-electron chi connectivity index (χ0n) is 11.5. The van der Waals surface area contributed by atoms with E-state index in [0.29, 0.717) is 13.1 Å². The predicted octanol–water partition coefficient (Wildman–Crippen LogP) is 2.20. The van der Waals surface area contributed by atoms with Crippen LogP contribution in [0.5, 0.6) is 0 Å². The SMILES string of the molecule is CCN(CC)CCNC(=O)NCc1ccc(C)s1. The Bertz CT molecular complexity index is 361. The van der Waals surface area contributed by atoms with Gasteiger partial charge < -0.3 is 15.5 Å². The largest absolute Gasteiger partial charge is 0.337 e. The van der Waals surface area contributed by atoms with Crippen LogP contribution in [0.4, 0.5) is 4.79 Å². The minimum absolute atomic E-state index is 0.0896. The Morgan fingerprint density at radius 3 is 2.56 bits per heavy atom. The number of nitrogens with zero attached hydrogens (tertiary/aromatic N) is 1. The quantitative estimate of drug-likeness (QED) is 0.797. The van der Waals surface area contributed by atoms with Crippen LogP contribution in [0.1, 0.15) is 23.6 Å². The Balaban J connectivity index is 2.14. The molecule has 0 atom stereocenters. The molecule has 0 aromatic carbocycles. The number of hydrogen-bond donors (Lipinski definition) is 2. The molecule has 1 rings (SSSR count). The van der Waals surface area contributed by atoms with E-state index in [2.05, 4.69) is 48.4 Å². The molecule has 0 fully saturated rings. The summed E-state index contributed by atoms with van der Waals surface area (Å²) in [6, 6.07) is 4.03. The van der Waals surface area contributed by atoms with E-state index in [4.69, 9.17) is 0 Å². The van der Waals surface area contributed by atoms with Crippen LogP contribution in [-0.2, 0) is 6.54 Å². The molecular formula is C13H23N3OS. The second-order valence-corrected chi connectivity index (χ2v) is 5.52. The van der Waals surface area contributed by atoms with Crippen molar-refractivity contribution in [1.29, 1.82) is 0 Å². The zero-order valence-corrected chi connectivity index (χ0v) is 12.3. The van der Waals surface area contributed by atoms with E-state index < -0.39 is 0 Å². The molecule has 5 heteroatoms. The maximum atomic E-state index is 11.5. The molecule has 0 saturated carbocycles. The van der Waals surface area contributed by atoms with Crippen molar-refractivity contribution in [1.82, 2.24) is 15.5 Å². The van der Waals surface area contributed by atoms with Crippen molar-refractivity contribution in [3.63, 3.8) is 0 Å². The summed E-state index contributed by atoms with van der Waals surface area (Å²) in [6.45, 7) is 10.6. The standard InChI is InChI=1S/C13H23N3OS/c1-4-16(5-2)9-8-14-13(17)15-10-12-7-6-11(3)18-12/h6-7H,4-5,8-10H2,1-3H3,(H2,14,15,17). The van der Waals surface area contributed by atoms with Gasteiger partial charge in [-0.3, -0.25) is 0 Å². The zero-order chi connectivity index (χ0) is 13.4. The van der Waals surface area contributed by atoms with E-state index >= 15 is 0 Å². The van der Waals surface area contributed by atoms with E-state index in [0.717, 1.165) is 19.6 Å². The molecule has 0 saturated heterocycles. The van der Waals surface area contributed by atoms with Crippen molar-refractivity contribution in [2.45, 2.75) is 27.3 Å². The first-order chi connectivity index (χ1) is 8.65. The van der Waals surface area contributed by atoms with E-state index in [9.17, 15) is 4.79 Å². The van der Waals surface area contributed by atoms with Crippen LogP contribution >= 0.6 is 11.3 Å². The smallest absolute Gasteiger partial charge is 0.315 e. The number of urea groups is 1. The lowest BCUT2D eigenvalue weighted by Crippen LogP contribution is -2.40. The molecule has 4 nitrogen and oxygen atoms in total. The van der Waals surface area contributed by atoms with Gasteiger partial charge >= 0.3 is 6.03 Å². The van der Waals surface area contributed by atoms with E-state index in [1.807, 2.05) is 0 Å². The van der Waals surface area contributed by atoms with Gasteiger partial charge in [0.25, 0.3) is 0 Å². The highest BCUT2D eigenvalue weighted by atomic mass is 32.1. The van der Waals surface area contributed by atoms with Gasteiger partial charge in [0.2, 0.25) is 0 Å². The van der Waals surface area contributed by atoms with Crippen LogP contribution in [0.2, 0.25) is 0 Å². The van der Waals surface area contributed by atoms with E-state index in [1.165, 1.54) is 9.75 Å². The van der Waals surface area contributed by atoms with Gasteiger partial charge in [-0.2, -0.15) is 0 Å². The Hall–Kier alpha value is -1.07. The first-order valence-corrected chi connectivity index (χ1v) is 7.26. The second-order valence-electron chi connectivity index (χ2n) is 4.15. The Kier molecular flexibility index (Phi) is 6.75. The van der Waals surface area contributed by atoms with E-state index in [1.54, 1.807) is 11.3 Å². The molecule has 2 N–H and O–H groups in total. The van der Waals surface area contributed by atoms with Crippen molar-refractivity contribution in [2.75, 3.05) is 26.2 Å². The number of hydrogen-bond acceptors (Lipinski definition) is 3. The van der Waals surface area contributed by atoms with Crippen LogP contribution in [0.15, 0.2) is 12.1 Å². The predicted molar refractivity (Wildman–Crippen MR) is 77.1 cm³/mol. The lowest BCUT2D eigenvalue weighted by atomic mass is 10.4. The molecule has 0 radical (unpaired) electrons. The van der Waals surface area contributed by atoms with Crippen LogP contribution in [0.25, 0.3) is 0 Å². The molecule has 2 amide bonds. The number of carbonyl (C=O) groups excluding carboxylic acids is 1. The van der Waals surface area contributed by atoms with Crippen molar-refractivity contribution >= 4 is 17.4 Å². The number of carbonyl (C=O) groups is 1. The van der Waals surface area contributed by atoms with Crippen LogP contribution in [-0.4, -0.2) is 37.1 Å². The summed E-state index contributed by atoms with van der Waals surface area (Å²) in [4.78, 5) is 16.3. The summed E-state index contributed by atoms with van der Waals surface area (Å²) >= 11 is 1.71. The molecule has 1 heterocycles. The van der Waals surface area contributed by atoms with Gasteiger partial charge in [0, 0.05) is 22.8 Å². The van der Waals surface area contributed by atoms with Gasteiger partial charge in [-0.1, -0.05) is 13.8 Å². The first-order valence-electron chi connectivity index (χ1n) is 6.45. The second kappa shape index (κ2) is 8.11. The summed E-state index contributed by atoms with van der Waals surface area (Å²) in [5, 5.41) is 5.74. The average molecular weight is 269 g/mol. The van der Waals surface area contributed by atoms with Crippen LogP contribution in [0.3, 0.4) is 0 Å². The van der Waals surface area contributed by atoms with Crippen molar-refractivity contribution in [3.05, 3.63) is 21.9 Å². The molecule has 0 aliphatic heterocycles. The molecular weight excluding hydrogens is 246 g/mol. The van der Waals surface area contributed by atoms with E-state index in [-0.39, 0.29) is 6.03 Å². The van der Waals surface area contributed by atoms with Gasteiger partial charge in [-0.15, -0.1) is 11.3 Å². The molecule has 102 valence electrons. The normalized spacial score (nSPS) is 10.7. The molecule has 18 heavy (non-hydrogen) atoms. The van der Waals surface area contributed by atoms with Crippen LogP contribution in [0, 0.1) is 6.92 Å². The molecule has 1 aromatic rings. The maximum absolute atomic E-state index is 11.5. The monoisotopic (exact) mass is 269 g/mol. The average Bonchev–Trinajstić information content (AvgIpc) is 2.78. The highest BCUT2D eigenvalue weighted by Gasteiger charge is 2.03. The third kappa shape index (κ3) is 5.51. The lowest BCUT2D eigenvalue weighted by Gasteiger charge is -2.18. The van der Waals surface area contributed by atoms with Gasteiger partial charge in [-0.05, 0) is 32.1 Å². The molecule has 0 spiro atoms. The van der Waals surface area contributed by atoms with Gasteiger partial charge in [-0.25, -0.2) is 4.79 Å². The highest BCUT2D eigenvalue weighted by Crippen LogP contribution is 2.14. The maximum Gasteiger partial charge on any atom is 0.315 e. The van der Waals surface area contributed by atoms with Gasteiger partial charge in [0.15, 0.2) is 0 Å². The Morgan fingerprint density at radius 1 is 1.28 bits per heavy atom. The highest BCUT2D eigenvalue weighted by molar-refractivity contribution is 7.11. The van der Waals surface area contributed by atoms with Crippen molar-refractivity contribution in [3.8, 4) is 0 Å². The Morgan fingerprint density at radius 2 is 2.00 bits per heavy atom. The summed E-state index contributed by atoms with van der Waals surface area (Å²) in [7, 11) is 0. The topological polar surface area (TPSA) is 44.4 Å². The van der Waals surface area contributed by atoms with Crippen molar-refractivity contribution in [2.24, 2.45) is 0 Å². The summed E-state index contributed by atoms with van der Waals surface area (Å²) in [5.74, 6) is 0. The summed E-state index contributed by atoms with van der Waals surface area (Å²) in [5.41, 5.74) is 0. The molecule has 1 aromatic heterocycles.